The molecule has 0 heterocycles. The van der Waals surface area contributed by atoms with E-state index in [4.69, 9.17) is 23.2 Å². The second-order valence-electron chi connectivity index (χ2n) is 5.20. The Labute approximate surface area is 159 Å². The average Bonchev–Trinajstić information content (AvgIpc) is 2.66. The first-order valence-electron chi connectivity index (χ1n) is 7.30. The Kier molecular flexibility index (Phi) is 6.57. The molecule has 0 saturated carbocycles. The lowest BCUT2D eigenvalue weighted by Crippen LogP contribution is -2.27. The van der Waals surface area contributed by atoms with Gasteiger partial charge in [0.2, 0.25) is 0 Å². The molecule has 2 aromatic carbocycles. The summed E-state index contributed by atoms with van der Waals surface area (Å²) in [5.41, 5.74) is 0.468. The van der Waals surface area contributed by atoms with Crippen molar-refractivity contribution in [3.8, 4) is 12.1 Å². The van der Waals surface area contributed by atoms with Gasteiger partial charge in [-0.05, 0) is 35.4 Å². The molecule has 2 atom stereocenters. The van der Waals surface area contributed by atoms with Gasteiger partial charge in [0.05, 0.1) is 12.1 Å². The molecule has 0 saturated heterocycles. The lowest BCUT2D eigenvalue weighted by Gasteiger charge is -2.16. The highest BCUT2D eigenvalue weighted by Gasteiger charge is 2.31. The van der Waals surface area contributed by atoms with Crippen LogP contribution in [0.25, 0.3) is 0 Å². The second kappa shape index (κ2) is 8.87. The van der Waals surface area contributed by atoms with Crippen LogP contribution in [0.4, 0.5) is 0 Å². The molecular formula is C18H12Cl2N4O2. The van der Waals surface area contributed by atoms with Crippen molar-refractivity contribution in [2.45, 2.75) is 11.8 Å². The monoisotopic (exact) mass is 386 g/mol. The predicted octanol–water partition coefficient (Wildman–Crippen LogP) is 4.57. The molecule has 8 heteroatoms. The number of halogens is 2. The molecule has 130 valence electrons. The summed E-state index contributed by atoms with van der Waals surface area (Å²) >= 11 is 11.7. The van der Waals surface area contributed by atoms with Crippen LogP contribution >= 0.6 is 23.2 Å². The Bertz CT molecular complexity index is 833. The van der Waals surface area contributed by atoms with E-state index >= 15 is 0 Å². The highest BCUT2D eigenvalue weighted by Crippen LogP contribution is 2.26. The number of rotatable bonds is 5. The molecule has 2 N–H and O–H groups in total. The third-order valence-electron chi connectivity index (χ3n) is 3.69. The molecule has 0 aliphatic rings. The van der Waals surface area contributed by atoms with E-state index in [9.17, 15) is 20.9 Å². The van der Waals surface area contributed by atoms with E-state index in [1.165, 1.54) is 0 Å². The number of oxime groups is 2. The summed E-state index contributed by atoms with van der Waals surface area (Å²) in [6.45, 7) is 0. The van der Waals surface area contributed by atoms with Crippen molar-refractivity contribution in [3.05, 3.63) is 69.7 Å². The summed E-state index contributed by atoms with van der Waals surface area (Å²) in [6, 6.07) is 16.6. The van der Waals surface area contributed by atoms with Gasteiger partial charge in [0.1, 0.15) is 23.3 Å². The fourth-order valence-electron chi connectivity index (χ4n) is 2.41. The number of benzene rings is 2. The van der Waals surface area contributed by atoms with Gasteiger partial charge in [-0.25, -0.2) is 0 Å². The molecule has 0 aliphatic heterocycles. The summed E-state index contributed by atoms with van der Waals surface area (Å²) in [5, 5.41) is 45.2. The van der Waals surface area contributed by atoms with Crippen LogP contribution in [0.5, 0.6) is 0 Å². The Balaban J connectivity index is 2.48. The van der Waals surface area contributed by atoms with Crippen LogP contribution in [0.1, 0.15) is 23.0 Å². The zero-order valence-corrected chi connectivity index (χ0v) is 14.7. The quantitative estimate of drug-likeness (QED) is 0.445. The largest absolute Gasteiger partial charge is 0.411 e. The predicted molar refractivity (Wildman–Crippen MR) is 98.1 cm³/mol. The van der Waals surface area contributed by atoms with E-state index in [-0.39, 0.29) is 11.4 Å². The fraction of sp³-hybridized carbons (Fsp3) is 0.111. The number of nitrogens with zero attached hydrogens (tertiary/aromatic N) is 4. The number of hydrogen-bond donors (Lipinski definition) is 2. The van der Waals surface area contributed by atoms with Gasteiger partial charge in [-0.2, -0.15) is 10.5 Å². The van der Waals surface area contributed by atoms with Crippen molar-refractivity contribution < 1.29 is 10.4 Å². The normalized spacial score (nSPS) is 14.2. The zero-order valence-electron chi connectivity index (χ0n) is 13.2. The summed E-state index contributed by atoms with van der Waals surface area (Å²) in [4.78, 5) is 0. The molecule has 2 rings (SSSR count). The van der Waals surface area contributed by atoms with Crippen LogP contribution in [0.15, 0.2) is 58.8 Å². The van der Waals surface area contributed by atoms with E-state index in [2.05, 4.69) is 10.3 Å². The van der Waals surface area contributed by atoms with Crippen molar-refractivity contribution in [1.29, 1.82) is 10.5 Å². The van der Waals surface area contributed by atoms with Crippen LogP contribution in [0.2, 0.25) is 10.0 Å². The van der Waals surface area contributed by atoms with E-state index < -0.39 is 11.8 Å². The zero-order chi connectivity index (χ0) is 19.1. The molecular weight excluding hydrogens is 375 g/mol. The van der Waals surface area contributed by atoms with Gasteiger partial charge >= 0.3 is 0 Å². The second-order valence-corrected chi connectivity index (χ2v) is 6.07. The third-order valence-corrected chi connectivity index (χ3v) is 4.19. The maximum absolute atomic E-state index is 9.54. The summed E-state index contributed by atoms with van der Waals surface area (Å²) in [6.07, 6.45) is 0. The minimum Gasteiger partial charge on any atom is -0.411 e. The first-order valence-corrected chi connectivity index (χ1v) is 8.05. The maximum atomic E-state index is 9.54. The first-order chi connectivity index (χ1) is 12.5. The van der Waals surface area contributed by atoms with Crippen molar-refractivity contribution in [2.75, 3.05) is 0 Å². The van der Waals surface area contributed by atoms with Crippen molar-refractivity contribution in [2.24, 2.45) is 10.3 Å². The molecule has 2 unspecified atom stereocenters. The van der Waals surface area contributed by atoms with Gasteiger partial charge in [0.15, 0.2) is 0 Å². The topological polar surface area (TPSA) is 113 Å². The standard InChI is InChI=1S/C18H12Cl2N4O2/c19-13-5-1-11(2-6-13)15(9-21)17(23-25)18(24-26)16(10-22)12-3-7-14(20)8-4-12/h1-8,15-16,25-26H/b23-17-,24-18-. The molecule has 2 aromatic rings. The highest BCUT2D eigenvalue weighted by atomic mass is 35.5. The van der Waals surface area contributed by atoms with Gasteiger partial charge in [0.25, 0.3) is 0 Å². The fourth-order valence-corrected chi connectivity index (χ4v) is 2.66. The lowest BCUT2D eigenvalue weighted by molar-refractivity contribution is 0.312. The van der Waals surface area contributed by atoms with Crippen molar-refractivity contribution in [3.63, 3.8) is 0 Å². The smallest absolute Gasteiger partial charge is 0.128 e. The maximum Gasteiger partial charge on any atom is 0.128 e. The van der Waals surface area contributed by atoms with E-state index in [1.807, 2.05) is 12.1 Å². The minimum absolute atomic E-state index is 0.237. The van der Waals surface area contributed by atoms with Gasteiger partial charge < -0.3 is 10.4 Å². The molecule has 26 heavy (non-hydrogen) atoms. The Morgan fingerprint density at radius 1 is 0.731 bits per heavy atom. The first kappa shape index (κ1) is 19.3. The van der Waals surface area contributed by atoms with Crippen molar-refractivity contribution in [1.82, 2.24) is 0 Å². The molecule has 0 aliphatic carbocycles. The molecule has 0 aromatic heterocycles. The van der Waals surface area contributed by atoms with Crippen LogP contribution in [-0.4, -0.2) is 21.8 Å². The summed E-state index contributed by atoms with van der Waals surface area (Å²) in [5.74, 6) is -2.13. The van der Waals surface area contributed by atoms with Crippen LogP contribution in [-0.2, 0) is 0 Å². The van der Waals surface area contributed by atoms with Gasteiger partial charge in [-0.3, -0.25) is 0 Å². The van der Waals surface area contributed by atoms with E-state index in [1.54, 1.807) is 48.5 Å². The minimum atomic E-state index is -1.06. The molecule has 0 amide bonds. The SMILES string of the molecule is N#CC(C(=N/O)/C(=N\O)C(C#N)c1ccc(Cl)cc1)c1ccc(Cl)cc1. The van der Waals surface area contributed by atoms with E-state index in [0.717, 1.165) is 0 Å². The molecule has 0 bridgehead atoms. The lowest BCUT2D eigenvalue weighted by atomic mass is 9.85. The number of hydrogen-bond acceptors (Lipinski definition) is 6. The van der Waals surface area contributed by atoms with Crippen LogP contribution < -0.4 is 0 Å². The number of nitriles is 2. The molecule has 0 spiro atoms. The van der Waals surface area contributed by atoms with Gasteiger partial charge in [-0.15, -0.1) is 0 Å². The summed E-state index contributed by atoms with van der Waals surface area (Å²) in [7, 11) is 0. The molecule has 6 nitrogen and oxygen atoms in total. The van der Waals surface area contributed by atoms with E-state index in [0.29, 0.717) is 21.2 Å². The molecule has 0 radical (unpaired) electrons. The Hall–Kier alpha value is -3.06. The van der Waals surface area contributed by atoms with Gasteiger partial charge in [0, 0.05) is 10.0 Å². The Morgan fingerprint density at radius 3 is 1.27 bits per heavy atom. The third kappa shape index (κ3) is 4.12. The Morgan fingerprint density at radius 2 is 1.04 bits per heavy atom. The van der Waals surface area contributed by atoms with Crippen LogP contribution in [0.3, 0.4) is 0 Å². The summed E-state index contributed by atoms with van der Waals surface area (Å²) < 4.78 is 0. The average molecular weight is 387 g/mol. The van der Waals surface area contributed by atoms with Gasteiger partial charge in [-0.1, -0.05) is 57.8 Å². The van der Waals surface area contributed by atoms with Crippen molar-refractivity contribution >= 4 is 34.6 Å². The van der Waals surface area contributed by atoms with Crippen LogP contribution in [0, 0.1) is 22.7 Å². The molecule has 0 fully saturated rings. The highest BCUT2D eigenvalue weighted by molar-refractivity contribution is 6.47.